The predicted octanol–water partition coefficient (Wildman–Crippen LogP) is 0.156. The number of likely N-dealkylation sites (tertiary alicyclic amines) is 1. The summed E-state index contributed by atoms with van der Waals surface area (Å²) in [6.45, 7) is 1.88. The third-order valence-corrected chi connectivity index (χ3v) is 2.82. The Morgan fingerprint density at radius 3 is 2.94 bits per heavy atom. The smallest absolute Gasteiger partial charge is 0.289 e. The zero-order chi connectivity index (χ0) is 11.7. The predicted molar refractivity (Wildman–Crippen MR) is 56.0 cm³/mol. The van der Waals surface area contributed by atoms with Crippen molar-refractivity contribution in [2.75, 3.05) is 13.2 Å². The lowest BCUT2D eigenvalue weighted by Gasteiger charge is -2.21. The third kappa shape index (κ3) is 1.96. The van der Waals surface area contributed by atoms with Crippen LogP contribution in [0.3, 0.4) is 0 Å². The van der Waals surface area contributed by atoms with Crippen LogP contribution in [0, 0.1) is 6.92 Å². The van der Waals surface area contributed by atoms with Gasteiger partial charge >= 0.3 is 0 Å². The van der Waals surface area contributed by atoms with Gasteiger partial charge < -0.3 is 19.5 Å². The van der Waals surface area contributed by atoms with Crippen LogP contribution in [0.1, 0.15) is 22.7 Å². The summed E-state index contributed by atoms with van der Waals surface area (Å²) < 4.78 is 5.23. The maximum Gasteiger partial charge on any atom is 0.289 e. The lowest BCUT2D eigenvalue weighted by Crippen LogP contribution is -2.37. The number of carbonyl (C=O) groups excluding carboxylic acids is 1. The van der Waals surface area contributed by atoms with E-state index in [9.17, 15) is 9.90 Å². The molecule has 5 nitrogen and oxygen atoms in total. The van der Waals surface area contributed by atoms with Crippen molar-refractivity contribution in [3.05, 3.63) is 23.7 Å². The molecule has 2 rings (SSSR count). The van der Waals surface area contributed by atoms with Gasteiger partial charge in [0.1, 0.15) is 5.76 Å². The minimum absolute atomic E-state index is 0.136. The van der Waals surface area contributed by atoms with Crippen LogP contribution in [0.4, 0.5) is 0 Å². The number of carbonyl (C=O) groups is 1. The largest absolute Gasteiger partial charge is 0.456 e. The highest BCUT2D eigenvalue weighted by molar-refractivity contribution is 5.92. The Kier molecular flexibility index (Phi) is 2.98. The van der Waals surface area contributed by atoms with E-state index < -0.39 is 6.10 Å². The van der Waals surface area contributed by atoms with Gasteiger partial charge in [-0.1, -0.05) is 0 Å². The second-order valence-electron chi connectivity index (χ2n) is 4.09. The maximum atomic E-state index is 12.0. The Balaban J connectivity index is 2.15. The second kappa shape index (κ2) is 4.27. The van der Waals surface area contributed by atoms with Crippen LogP contribution in [0.5, 0.6) is 0 Å². The first-order valence-corrected chi connectivity index (χ1v) is 5.28. The van der Waals surface area contributed by atoms with Gasteiger partial charge in [-0.3, -0.25) is 4.79 Å². The van der Waals surface area contributed by atoms with Crippen molar-refractivity contribution < 1.29 is 19.4 Å². The molecule has 0 saturated carbocycles. The molecule has 1 saturated heterocycles. The van der Waals surface area contributed by atoms with E-state index in [1.807, 2.05) is 0 Å². The van der Waals surface area contributed by atoms with Gasteiger partial charge in [-0.2, -0.15) is 0 Å². The van der Waals surface area contributed by atoms with Crippen molar-refractivity contribution in [3.63, 3.8) is 0 Å². The van der Waals surface area contributed by atoms with Crippen LogP contribution < -0.4 is 0 Å². The summed E-state index contributed by atoms with van der Waals surface area (Å²) in [7, 11) is 0. The second-order valence-corrected chi connectivity index (χ2v) is 4.09. The number of rotatable bonds is 2. The van der Waals surface area contributed by atoms with E-state index in [-0.39, 0.29) is 30.9 Å². The molecule has 5 heteroatoms. The van der Waals surface area contributed by atoms with Gasteiger partial charge in [-0.15, -0.1) is 0 Å². The first-order valence-electron chi connectivity index (χ1n) is 5.28. The summed E-state index contributed by atoms with van der Waals surface area (Å²) in [4.78, 5) is 13.4. The van der Waals surface area contributed by atoms with Gasteiger partial charge in [-0.05, 0) is 25.5 Å². The molecular weight excluding hydrogens is 210 g/mol. The number of nitrogens with zero attached hydrogens (tertiary/aromatic N) is 1. The molecule has 16 heavy (non-hydrogen) atoms. The lowest BCUT2D eigenvalue weighted by atomic mass is 10.2. The molecule has 0 aliphatic carbocycles. The van der Waals surface area contributed by atoms with Crippen molar-refractivity contribution in [2.24, 2.45) is 0 Å². The van der Waals surface area contributed by atoms with E-state index in [0.29, 0.717) is 12.2 Å². The summed E-state index contributed by atoms with van der Waals surface area (Å²) in [5.41, 5.74) is 0. The monoisotopic (exact) mass is 225 g/mol. The Hall–Kier alpha value is -1.33. The van der Waals surface area contributed by atoms with Crippen molar-refractivity contribution in [3.8, 4) is 0 Å². The number of aliphatic hydroxyl groups is 2. The molecule has 0 spiro atoms. The van der Waals surface area contributed by atoms with Gasteiger partial charge in [-0.25, -0.2) is 0 Å². The molecule has 88 valence electrons. The molecule has 1 aromatic rings. The van der Waals surface area contributed by atoms with Gasteiger partial charge in [0.05, 0.1) is 18.8 Å². The summed E-state index contributed by atoms with van der Waals surface area (Å²) >= 11 is 0. The van der Waals surface area contributed by atoms with Crippen LogP contribution in [0.15, 0.2) is 16.5 Å². The molecule has 0 radical (unpaired) electrons. The molecule has 2 N–H and O–H groups in total. The Labute approximate surface area is 93.3 Å². The third-order valence-electron chi connectivity index (χ3n) is 2.82. The summed E-state index contributed by atoms with van der Waals surface area (Å²) in [6, 6.07) is 3.01. The fourth-order valence-corrected chi connectivity index (χ4v) is 2.00. The zero-order valence-electron chi connectivity index (χ0n) is 9.09. The average Bonchev–Trinajstić information content (AvgIpc) is 2.83. The number of hydrogen-bond donors (Lipinski definition) is 2. The topological polar surface area (TPSA) is 73.9 Å². The van der Waals surface area contributed by atoms with E-state index in [2.05, 4.69) is 0 Å². The first kappa shape index (κ1) is 11.2. The van der Waals surface area contributed by atoms with E-state index in [1.165, 1.54) is 4.90 Å². The normalized spacial score (nSPS) is 25.1. The zero-order valence-corrected chi connectivity index (χ0v) is 9.09. The average molecular weight is 225 g/mol. The summed E-state index contributed by atoms with van der Waals surface area (Å²) in [6.07, 6.45) is -0.140. The van der Waals surface area contributed by atoms with Gasteiger partial charge in [0.25, 0.3) is 5.91 Å². The molecule has 2 atom stereocenters. The van der Waals surface area contributed by atoms with E-state index in [4.69, 9.17) is 9.52 Å². The van der Waals surface area contributed by atoms with Crippen molar-refractivity contribution >= 4 is 5.91 Å². The molecule has 2 unspecified atom stereocenters. The maximum absolute atomic E-state index is 12.0. The van der Waals surface area contributed by atoms with E-state index >= 15 is 0 Å². The minimum Gasteiger partial charge on any atom is -0.456 e. The fourth-order valence-electron chi connectivity index (χ4n) is 2.00. The molecular formula is C11H15NO4. The Morgan fingerprint density at radius 2 is 2.38 bits per heavy atom. The number of aryl methyl sites for hydroxylation is 1. The molecule has 1 fully saturated rings. The highest BCUT2D eigenvalue weighted by atomic mass is 16.4. The van der Waals surface area contributed by atoms with Crippen LogP contribution in [0.25, 0.3) is 0 Å². The molecule has 0 aromatic carbocycles. The number of amides is 1. The number of hydrogen-bond acceptors (Lipinski definition) is 4. The molecule has 2 heterocycles. The highest BCUT2D eigenvalue weighted by Gasteiger charge is 2.35. The van der Waals surface area contributed by atoms with Crippen molar-refractivity contribution in [2.45, 2.75) is 25.5 Å². The molecule has 1 aliphatic heterocycles. The van der Waals surface area contributed by atoms with Gasteiger partial charge in [0, 0.05) is 6.54 Å². The minimum atomic E-state index is -0.558. The number of aliphatic hydroxyl groups excluding tert-OH is 2. The van der Waals surface area contributed by atoms with Crippen LogP contribution in [-0.2, 0) is 0 Å². The van der Waals surface area contributed by atoms with E-state index in [0.717, 1.165) is 0 Å². The van der Waals surface area contributed by atoms with Crippen LogP contribution >= 0.6 is 0 Å². The first-order chi connectivity index (χ1) is 7.61. The highest BCUT2D eigenvalue weighted by Crippen LogP contribution is 2.21. The van der Waals surface area contributed by atoms with Gasteiger partial charge in [0.2, 0.25) is 0 Å². The number of β-amino-alcohol motifs (C(OH)–C–C–N with tert-alkyl or cyclic N) is 1. The van der Waals surface area contributed by atoms with E-state index in [1.54, 1.807) is 19.1 Å². The molecule has 1 aliphatic rings. The fraction of sp³-hybridized carbons (Fsp3) is 0.545. The molecule has 1 amide bonds. The Bertz CT molecular complexity index is 387. The number of furan rings is 1. The SMILES string of the molecule is Cc1ccc(C(=O)N2CC(O)CC2CO)o1. The van der Waals surface area contributed by atoms with Crippen molar-refractivity contribution in [1.82, 2.24) is 4.90 Å². The van der Waals surface area contributed by atoms with Crippen LogP contribution in [-0.4, -0.2) is 46.3 Å². The molecule has 0 bridgehead atoms. The van der Waals surface area contributed by atoms with Crippen molar-refractivity contribution in [1.29, 1.82) is 0 Å². The quantitative estimate of drug-likeness (QED) is 0.751. The lowest BCUT2D eigenvalue weighted by molar-refractivity contribution is 0.0632. The van der Waals surface area contributed by atoms with Crippen LogP contribution in [0.2, 0.25) is 0 Å². The van der Waals surface area contributed by atoms with Gasteiger partial charge in [0.15, 0.2) is 5.76 Å². The standard InChI is InChI=1S/C11H15NO4/c1-7-2-3-10(16-7)11(15)12-5-9(14)4-8(12)6-13/h2-3,8-9,13-14H,4-6H2,1H3. The Morgan fingerprint density at radius 1 is 1.62 bits per heavy atom. The summed E-state index contributed by atoms with van der Waals surface area (Å²) in [5, 5.41) is 18.6. The molecule has 1 aromatic heterocycles. The summed E-state index contributed by atoms with van der Waals surface area (Å²) in [5.74, 6) is 0.650.